The molecule has 4 amide bonds. The maximum absolute atomic E-state index is 12.8. The first-order valence-corrected chi connectivity index (χ1v) is 9.36. The van der Waals surface area contributed by atoms with Gasteiger partial charge in [-0.3, -0.25) is 9.59 Å². The van der Waals surface area contributed by atoms with E-state index in [1.807, 2.05) is 0 Å². The SMILES string of the molecule is CC(C(=O)Nc1cc(Cl)ccc1OCC(F)(F)F)N1C(=O)NC2(CCCC2)C1=O. The van der Waals surface area contributed by atoms with E-state index < -0.39 is 42.2 Å². The molecule has 1 spiro atoms. The maximum atomic E-state index is 12.8. The van der Waals surface area contributed by atoms with Crippen LogP contribution in [-0.2, 0) is 9.59 Å². The molecule has 2 aliphatic rings. The Morgan fingerprint density at radius 3 is 2.62 bits per heavy atom. The average Bonchev–Trinajstić information content (AvgIpc) is 3.18. The van der Waals surface area contributed by atoms with Gasteiger partial charge in [0.05, 0.1) is 5.69 Å². The van der Waals surface area contributed by atoms with Crippen LogP contribution in [-0.4, -0.2) is 47.1 Å². The Bertz CT molecular complexity index is 840. The van der Waals surface area contributed by atoms with Crippen molar-refractivity contribution in [2.45, 2.75) is 50.4 Å². The van der Waals surface area contributed by atoms with E-state index in [-0.39, 0.29) is 16.5 Å². The maximum Gasteiger partial charge on any atom is 0.422 e. The van der Waals surface area contributed by atoms with E-state index in [0.717, 1.165) is 17.7 Å². The molecule has 29 heavy (non-hydrogen) atoms. The molecule has 0 radical (unpaired) electrons. The van der Waals surface area contributed by atoms with E-state index in [2.05, 4.69) is 10.6 Å². The van der Waals surface area contributed by atoms with Crippen LogP contribution in [0, 0.1) is 0 Å². The summed E-state index contributed by atoms with van der Waals surface area (Å²) in [5, 5.41) is 5.23. The van der Waals surface area contributed by atoms with Gasteiger partial charge in [-0.15, -0.1) is 0 Å². The Kier molecular flexibility index (Phi) is 5.66. The number of benzene rings is 1. The summed E-state index contributed by atoms with van der Waals surface area (Å²) in [5.41, 5.74) is -1.07. The molecule has 11 heteroatoms. The van der Waals surface area contributed by atoms with Gasteiger partial charge in [0.2, 0.25) is 5.91 Å². The van der Waals surface area contributed by atoms with Crippen molar-refractivity contribution in [3.63, 3.8) is 0 Å². The van der Waals surface area contributed by atoms with Gasteiger partial charge in [0, 0.05) is 5.02 Å². The van der Waals surface area contributed by atoms with Crippen molar-refractivity contribution in [3.05, 3.63) is 23.2 Å². The summed E-state index contributed by atoms with van der Waals surface area (Å²) in [4.78, 5) is 38.6. The van der Waals surface area contributed by atoms with Crippen molar-refractivity contribution < 1.29 is 32.3 Å². The van der Waals surface area contributed by atoms with Crippen LogP contribution >= 0.6 is 11.6 Å². The standard InChI is InChI=1S/C18H19ClF3N3O4/c1-10(25-15(27)17(24-16(25)28)6-2-3-7-17)14(26)23-12-8-11(19)4-5-13(12)29-9-18(20,21)22/h4-5,8,10H,2-3,6-7,9H2,1H3,(H,23,26)(H,24,28). The van der Waals surface area contributed by atoms with Crippen molar-refractivity contribution in [3.8, 4) is 5.75 Å². The normalized spacial score (nSPS) is 19.4. The molecule has 1 aromatic rings. The molecule has 3 rings (SSSR count). The number of amides is 4. The van der Waals surface area contributed by atoms with Crippen LogP contribution < -0.4 is 15.4 Å². The lowest BCUT2D eigenvalue weighted by Crippen LogP contribution is -2.48. The summed E-state index contributed by atoms with van der Waals surface area (Å²) in [5.74, 6) is -1.47. The summed E-state index contributed by atoms with van der Waals surface area (Å²) in [6, 6.07) is 1.88. The number of rotatable bonds is 5. The van der Waals surface area contributed by atoms with Crippen LogP contribution in [0.5, 0.6) is 5.75 Å². The molecule has 2 fully saturated rings. The lowest BCUT2D eigenvalue weighted by molar-refractivity contribution is -0.153. The summed E-state index contributed by atoms with van der Waals surface area (Å²) < 4.78 is 42.1. The summed E-state index contributed by atoms with van der Waals surface area (Å²) >= 11 is 5.87. The van der Waals surface area contributed by atoms with Crippen LogP contribution in [0.25, 0.3) is 0 Å². The number of nitrogens with zero attached hydrogens (tertiary/aromatic N) is 1. The minimum absolute atomic E-state index is 0.0961. The Hall–Kier alpha value is -2.49. The first-order valence-electron chi connectivity index (χ1n) is 8.98. The molecule has 158 valence electrons. The molecule has 1 saturated heterocycles. The topological polar surface area (TPSA) is 87.7 Å². The first kappa shape index (κ1) is 21.2. The fourth-order valence-corrected chi connectivity index (χ4v) is 3.72. The number of hydrogen-bond acceptors (Lipinski definition) is 4. The molecule has 1 unspecified atom stereocenters. The molecule has 0 bridgehead atoms. The molecule has 1 saturated carbocycles. The minimum atomic E-state index is -4.57. The van der Waals surface area contributed by atoms with Crippen LogP contribution in [0.2, 0.25) is 5.02 Å². The summed E-state index contributed by atoms with van der Waals surface area (Å²) in [7, 11) is 0. The highest BCUT2D eigenvalue weighted by molar-refractivity contribution is 6.31. The van der Waals surface area contributed by atoms with Crippen molar-refractivity contribution >= 4 is 35.1 Å². The Labute approximate surface area is 169 Å². The van der Waals surface area contributed by atoms with E-state index >= 15 is 0 Å². The number of urea groups is 1. The van der Waals surface area contributed by atoms with Gasteiger partial charge in [-0.25, -0.2) is 9.69 Å². The van der Waals surface area contributed by atoms with Gasteiger partial charge >= 0.3 is 12.2 Å². The zero-order valence-corrected chi connectivity index (χ0v) is 16.2. The number of imide groups is 1. The summed E-state index contributed by atoms with van der Waals surface area (Å²) in [6.07, 6.45) is -1.96. The molecule has 1 aliphatic heterocycles. The number of anilines is 1. The molecular formula is C18H19ClF3N3O4. The van der Waals surface area contributed by atoms with Crippen LogP contribution in [0.15, 0.2) is 18.2 Å². The molecule has 0 aromatic heterocycles. The number of carbonyl (C=O) groups is 3. The Morgan fingerprint density at radius 2 is 2.00 bits per heavy atom. The van der Waals surface area contributed by atoms with E-state index in [0.29, 0.717) is 12.8 Å². The second kappa shape index (κ2) is 7.74. The van der Waals surface area contributed by atoms with Gasteiger partial charge in [0.15, 0.2) is 6.61 Å². The van der Waals surface area contributed by atoms with Gasteiger partial charge in [-0.2, -0.15) is 13.2 Å². The third-order valence-electron chi connectivity index (χ3n) is 5.01. The quantitative estimate of drug-likeness (QED) is 0.696. The van der Waals surface area contributed by atoms with Gasteiger partial charge in [-0.1, -0.05) is 24.4 Å². The average molecular weight is 434 g/mol. The fraction of sp³-hybridized carbons (Fsp3) is 0.500. The monoisotopic (exact) mass is 433 g/mol. The second-order valence-electron chi connectivity index (χ2n) is 7.10. The van der Waals surface area contributed by atoms with Crippen LogP contribution in [0.1, 0.15) is 32.6 Å². The molecule has 1 atom stereocenters. The number of hydrogen-bond donors (Lipinski definition) is 2. The smallest absolute Gasteiger partial charge is 0.422 e. The van der Waals surface area contributed by atoms with E-state index in [1.54, 1.807) is 0 Å². The number of nitrogens with one attached hydrogen (secondary N) is 2. The number of halogens is 4. The predicted octanol–water partition coefficient (Wildman–Crippen LogP) is 3.47. The Balaban J connectivity index is 1.75. The highest BCUT2D eigenvalue weighted by atomic mass is 35.5. The minimum Gasteiger partial charge on any atom is -0.482 e. The van der Waals surface area contributed by atoms with E-state index in [9.17, 15) is 27.6 Å². The predicted molar refractivity (Wildman–Crippen MR) is 97.7 cm³/mol. The molecule has 1 heterocycles. The third-order valence-corrected chi connectivity index (χ3v) is 5.24. The van der Waals surface area contributed by atoms with Crippen molar-refractivity contribution in [2.75, 3.05) is 11.9 Å². The number of carbonyl (C=O) groups excluding carboxylic acids is 3. The third kappa shape index (κ3) is 4.42. The molecular weight excluding hydrogens is 415 g/mol. The lowest BCUT2D eigenvalue weighted by atomic mass is 9.97. The zero-order chi connectivity index (χ0) is 21.4. The molecule has 1 aliphatic carbocycles. The van der Waals surface area contributed by atoms with Crippen LogP contribution in [0.4, 0.5) is 23.7 Å². The second-order valence-corrected chi connectivity index (χ2v) is 7.54. The molecule has 1 aromatic carbocycles. The lowest BCUT2D eigenvalue weighted by Gasteiger charge is -2.24. The zero-order valence-electron chi connectivity index (χ0n) is 15.4. The van der Waals surface area contributed by atoms with E-state index in [1.165, 1.54) is 25.1 Å². The highest BCUT2D eigenvalue weighted by Crippen LogP contribution is 2.36. The van der Waals surface area contributed by atoms with Crippen molar-refractivity contribution in [1.82, 2.24) is 10.2 Å². The van der Waals surface area contributed by atoms with Crippen molar-refractivity contribution in [2.24, 2.45) is 0 Å². The summed E-state index contributed by atoms with van der Waals surface area (Å²) in [6.45, 7) is -0.190. The van der Waals surface area contributed by atoms with Gasteiger partial charge < -0.3 is 15.4 Å². The van der Waals surface area contributed by atoms with E-state index in [4.69, 9.17) is 16.3 Å². The highest BCUT2D eigenvalue weighted by Gasteiger charge is 2.54. The van der Waals surface area contributed by atoms with Gasteiger partial charge in [-0.05, 0) is 38.0 Å². The van der Waals surface area contributed by atoms with Crippen molar-refractivity contribution in [1.29, 1.82) is 0 Å². The molecule has 7 nitrogen and oxygen atoms in total. The van der Waals surface area contributed by atoms with Crippen LogP contribution in [0.3, 0.4) is 0 Å². The fourth-order valence-electron chi connectivity index (χ4n) is 3.55. The Morgan fingerprint density at radius 1 is 1.34 bits per heavy atom. The van der Waals surface area contributed by atoms with Gasteiger partial charge in [0.1, 0.15) is 17.3 Å². The van der Waals surface area contributed by atoms with Gasteiger partial charge in [0.25, 0.3) is 5.91 Å². The molecule has 2 N–H and O–H groups in total. The number of ether oxygens (including phenoxy) is 1. The largest absolute Gasteiger partial charge is 0.482 e. The number of alkyl halides is 3. The first-order chi connectivity index (χ1) is 13.5.